The summed E-state index contributed by atoms with van der Waals surface area (Å²) in [4.78, 5) is 16.5. The molecule has 2 fully saturated rings. The molecular weight excluding hydrogens is 264 g/mol. The van der Waals surface area contributed by atoms with E-state index in [1.807, 2.05) is 0 Å². The minimum absolute atomic E-state index is 0.0277. The fraction of sp³-hybridized carbons (Fsp3) is 0.529. The second-order valence-electron chi connectivity index (χ2n) is 5.95. The number of aromatic nitrogens is 1. The molecule has 2 N–H and O–H groups in total. The van der Waals surface area contributed by atoms with Gasteiger partial charge in [-0.1, -0.05) is 18.3 Å². The van der Waals surface area contributed by atoms with Crippen LogP contribution in [0.15, 0.2) is 18.5 Å². The predicted molar refractivity (Wildman–Crippen MR) is 79.5 cm³/mol. The van der Waals surface area contributed by atoms with Crippen LogP contribution in [0.4, 0.5) is 0 Å². The summed E-state index contributed by atoms with van der Waals surface area (Å²) in [5.74, 6) is 7.18. The van der Waals surface area contributed by atoms with Gasteiger partial charge in [0.15, 0.2) is 0 Å². The number of aliphatic hydroxyl groups is 1. The molecule has 2 saturated carbocycles. The second-order valence-corrected chi connectivity index (χ2v) is 5.95. The van der Waals surface area contributed by atoms with Crippen LogP contribution in [0, 0.1) is 23.7 Å². The molecule has 3 atom stereocenters. The fourth-order valence-corrected chi connectivity index (χ4v) is 3.57. The minimum Gasteiger partial charge on any atom is -0.395 e. The summed E-state index contributed by atoms with van der Waals surface area (Å²) in [6.07, 6.45) is 8.59. The summed E-state index contributed by atoms with van der Waals surface area (Å²) in [5, 5.41) is 11.9. The predicted octanol–water partition coefficient (Wildman–Crippen LogP) is 1.73. The Morgan fingerprint density at radius 1 is 1.43 bits per heavy atom. The van der Waals surface area contributed by atoms with E-state index in [1.54, 1.807) is 18.5 Å². The van der Waals surface area contributed by atoms with Crippen LogP contribution in [0.2, 0.25) is 0 Å². The number of amides is 1. The molecule has 0 spiro atoms. The van der Waals surface area contributed by atoms with Crippen LogP contribution in [0.25, 0.3) is 0 Å². The van der Waals surface area contributed by atoms with E-state index in [2.05, 4.69) is 22.1 Å². The van der Waals surface area contributed by atoms with Crippen molar-refractivity contribution in [1.82, 2.24) is 10.3 Å². The van der Waals surface area contributed by atoms with Crippen molar-refractivity contribution in [2.75, 3.05) is 6.61 Å². The molecule has 0 aromatic carbocycles. The lowest BCUT2D eigenvalue weighted by molar-refractivity contribution is 0.0922. The summed E-state index contributed by atoms with van der Waals surface area (Å²) in [7, 11) is 0. The maximum Gasteiger partial charge on any atom is 0.252 e. The van der Waals surface area contributed by atoms with E-state index < -0.39 is 0 Å². The third kappa shape index (κ3) is 3.08. The molecular formula is C17H20N2O2. The van der Waals surface area contributed by atoms with Crippen LogP contribution in [0.5, 0.6) is 0 Å². The van der Waals surface area contributed by atoms with E-state index in [-0.39, 0.29) is 12.5 Å². The second kappa shape index (κ2) is 6.28. The molecule has 4 heteroatoms. The lowest BCUT2D eigenvalue weighted by Crippen LogP contribution is -2.38. The van der Waals surface area contributed by atoms with Crippen molar-refractivity contribution in [2.45, 2.75) is 38.1 Å². The van der Waals surface area contributed by atoms with Crippen LogP contribution < -0.4 is 5.32 Å². The van der Waals surface area contributed by atoms with Crippen molar-refractivity contribution < 1.29 is 9.90 Å². The van der Waals surface area contributed by atoms with Gasteiger partial charge in [0.25, 0.3) is 5.91 Å². The van der Waals surface area contributed by atoms with Crippen molar-refractivity contribution in [3.63, 3.8) is 0 Å². The lowest BCUT2D eigenvalue weighted by Gasteiger charge is -2.23. The molecule has 1 aromatic rings. The molecule has 0 aliphatic heterocycles. The minimum atomic E-state index is -0.0525. The molecule has 110 valence electrons. The first-order chi connectivity index (χ1) is 10.3. The van der Waals surface area contributed by atoms with Crippen LogP contribution >= 0.6 is 0 Å². The number of fused-ring (bicyclic) bond motifs is 2. The quantitative estimate of drug-likeness (QED) is 0.831. The van der Waals surface area contributed by atoms with Crippen LogP contribution in [0.3, 0.4) is 0 Å². The highest BCUT2D eigenvalue weighted by Gasteiger charge is 2.40. The van der Waals surface area contributed by atoms with E-state index in [0.29, 0.717) is 29.5 Å². The van der Waals surface area contributed by atoms with Gasteiger partial charge in [0.2, 0.25) is 0 Å². The Hall–Kier alpha value is -1.86. The van der Waals surface area contributed by atoms with Gasteiger partial charge in [-0.2, -0.15) is 0 Å². The van der Waals surface area contributed by atoms with E-state index in [0.717, 1.165) is 12.3 Å². The third-order valence-electron chi connectivity index (χ3n) is 4.58. The Kier molecular flexibility index (Phi) is 4.21. The largest absolute Gasteiger partial charge is 0.395 e. The summed E-state index contributed by atoms with van der Waals surface area (Å²) in [6.45, 7) is 0.0277. The molecule has 3 unspecified atom stereocenters. The van der Waals surface area contributed by atoms with E-state index in [1.165, 1.54) is 19.3 Å². The van der Waals surface area contributed by atoms with Gasteiger partial charge in [-0.15, -0.1) is 0 Å². The van der Waals surface area contributed by atoms with Gasteiger partial charge in [-0.25, -0.2) is 0 Å². The van der Waals surface area contributed by atoms with Crippen LogP contribution in [-0.4, -0.2) is 28.6 Å². The zero-order chi connectivity index (χ0) is 14.7. The zero-order valence-electron chi connectivity index (χ0n) is 12.0. The molecule has 2 bridgehead atoms. The lowest BCUT2D eigenvalue weighted by atomic mass is 9.95. The van der Waals surface area contributed by atoms with Gasteiger partial charge in [0.1, 0.15) is 0 Å². The average molecular weight is 284 g/mol. The first-order valence-electron chi connectivity index (χ1n) is 7.62. The first-order valence-corrected chi connectivity index (χ1v) is 7.62. The number of aliphatic hydroxyl groups excluding tert-OH is 1. The molecule has 2 aliphatic carbocycles. The molecule has 0 radical (unpaired) electrons. The summed E-state index contributed by atoms with van der Waals surface area (Å²) >= 11 is 0. The number of carbonyl (C=O) groups excluding carboxylic acids is 1. The van der Waals surface area contributed by atoms with E-state index in [4.69, 9.17) is 5.11 Å². The Balaban J connectivity index is 1.71. The number of hydrogen-bond donors (Lipinski definition) is 2. The SMILES string of the molecule is O=C(NC1CC2CCC1C2)c1ccncc1C#CCCO. The van der Waals surface area contributed by atoms with Crippen molar-refractivity contribution in [3.05, 3.63) is 29.6 Å². The third-order valence-corrected chi connectivity index (χ3v) is 4.58. The standard InChI is InChI=1S/C17H20N2O2/c20-8-2-1-3-14-11-18-7-6-15(14)17(21)19-16-10-12-4-5-13(16)9-12/h6-7,11-13,16,20H,2,4-5,8-10H2,(H,19,21). The first kappa shape index (κ1) is 14.1. The zero-order valence-corrected chi connectivity index (χ0v) is 12.0. The average Bonchev–Trinajstić information content (AvgIpc) is 3.10. The van der Waals surface area contributed by atoms with Crippen molar-refractivity contribution in [1.29, 1.82) is 0 Å². The normalized spacial score (nSPS) is 26.2. The smallest absolute Gasteiger partial charge is 0.252 e. The van der Waals surface area contributed by atoms with E-state index in [9.17, 15) is 4.79 Å². The Morgan fingerprint density at radius 2 is 2.33 bits per heavy atom. The number of nitrogens with zero attached hydrogens (tertiary/aromatic N) is 1. The Bertz CT molecular complexity index is 588. The highest BCUT2D eigenvalue weighted by atomic mass is 16.2. The number of nitrogens with one attached hydrogen (secondary N) is 1. The Labute approximate surface area is 125 Å². The van der Waals surface area contributed by atoms with Crippen LogP contribution in [-0.2, 0) is 0 Å². The van der Waals surface area contributed by atoms with Crippen molar-refractivity contribution >= 4 is 5.91 Å². The van der Waals surface area contributed by atoms with E-state index >= 15 is 0 Å². The summed E-state index contributed by atoms with van der Waals surface area (Å²) in [6, 6.07) is 2.04. The maximum atomic E-state index is 12.5. The fourth-order valence-electron chi connectivity index (χ4n) is 3.57. The van der Waals surface area contributed by atoms with Gasteiger partial charge in [0, 0.05) is 24.9 Å². The molecule has 1 aromatic heterocycles. The van der Waals surface area contributed by atoms with Crippen molar-refractivity contribution in [2.24, 2.45) is 11.8 Å². The summed E-state index contributed by atoms with van der Waals surface area (Å²) in [5.41, 5.74) is 1.21. The Morgan fingerprint density at radius 3 is 3.05 bits per heavy atom. The van der Waals surface area contributed by atoms with Gasteiger partial charge < -0.3 is 10.4 Å². The van der Waals surface area contributed by atoms with Gasteiger partial charge in [-0.3, -0.25) is 9.78 Å². The molecule has 2 aliphatic rings. The topological polar surface area (TPSA) is 62.2 Å². The highest BCUT2D eigenvalue weighted by Crippen LogP contribution is 2.44. The number of carbonyl (C=O) groups is 1. The number of rotatable bonds is 3. The molecule has 3 rings (SSSR count). The molecule has 1 heterocycles. The molecule has 4 nitrogen and oxygen atoms in total. The number of pyridine rings is 1. The van der Waals surface area contributed by atoms with Crippen molar-refractivity contribution in [3.8, 4) is 11.8 Å². The van der Waals surface area contributed by atoms with Gasteiger partial charge in [0.05, 0.1) is 17.7 Å². The highest BCUT2D eigenvalue weighted by molar-refractivity contribution is 5.96. The van der Waals surface area contributed by atoms with Gasteiger partial charge >= 0.3 is 0 Å². The number of hydrogen-bond acceptors (Lipinski definition) is 3. The molecule has 0 saturated heterocycles. The van der Waals surface area contributed by atoms with Crippen LogP contribution in [0.1, 0.15) is 48.0 Å². The van der Waals surface area contributed by atoms with Gasteiger partial charge in [-0.05, 0) is 37.2 Å². The summed E-state index contributed by atoms with van der Waals surface area (Å²) < 4.78 is 0. The monoisotopic (exact) mass is 284 g/mol. The maximum absolute atomic E-state index is 12.5. The molecule has 21 heavy (non-hydrogen) atoms. The molecule has 1 amide bonds.